The molecular formula is C15H19FN2O3. The largest absolute Gasteiger partial charge is 0.481 e. The number of carboxylic acid groups (broad SMARTS) is 1. The zero-order valence-electron chi connectivity index (χ0n) is 11.7. The maximum atomic E-state index is 12.8. The van der Waals surface area contributed by atoms with Crippen molar-refractivity contribution in [2.75, 3.05) is 18.4 Å². The molecule has 1 heterocycles. The number of carbonyl (C=O) groups is 2. The summed E-state index contributed by atoms with van der Waals surface area (Å²) >= 11 is 0. The van der Waals surface area contributed by atoms with E-state index in [-0.39, 0.29) is 18.3 Å². The van der Waals surface area contributed by atoms with Gasteiger partial charge in [0.15, 0.2) is 0 Å². The molecule has 21 heavy (non-hydrogen) atoms. The van der Waals surface area contributed by atoms with Gasteiger partial charge in [0, 0.05) is 25.2 Å². The Bertz CT molecular complexity index is 496. The minimum Gasteiger partial charge on any atom is -0.481 e. The van der Waals surface area contributed by atoms with Gasteiger partial charge in [0.25, 0.3) is 0 Å². The number of amides is 2. The Morgan fingerprint density at radius 3 is 2.43 bits per heavy atom. The van der Waals surface area contributed by atoms with E-state index in [2.05, 4.69) is 5.32 Å². The molecule has 1 aliphatic rings. The number of aliphatic carboxylic acids is 1. The van der Waals surface area contributed by atoms with E-state index in [0.717, 1.165) is 12.8 Å². The van der Waals surface area contributed by atoms with Crippen LogP contribution in [0.15, 0.2) is 24.3 Å². The Balaban J connectivity index is 1.77. The van der Waals surface area contributed by atoms with Gasteiger partial charge in [0.1, 0.15) is 5.82 Å². The molecule has 0 bridgehead atoms. The highest BCUT2D eigenvalue weighted by atomic mass is 19.1. The van der Waals surface area contributed by atoms with Gasteiger partial charge in [-0.05, 0) is 49.4 Å². The van der Waals surface area contributed by atoms with E-state index in [4.69, 9.17) is 5.11 Å². The second-order valence-corrected chi connectivity index (χ2v) is 5.30. The molecule has 0 atom stereocenters. The van der Waals surface area contributed by atoms with E-state index in [0.29, 0.717) is 31.1 Å². The third-order valence-corrected chi connectivity index (χ3v) is 3.76. The second-order valence-electron chi connectivity index (χ2n) is 5.30. The Labute approximate surface area is 122 Å². The SMILES string of the molecule is O=C(O)CCC1CCN(C(=O)Nc2ccc(F)cc2)CC1. The summed E-state index contributed by atoms with van der Waals surface area (Å²) in [6.07, 6.45) is 2.50. The number of nitrogens with zero attached hydrogens (tertiary/aromatic N) is 1. The summed E-state index contributed by atoms with van der Waals surface area (Å²) in [6, 6.07) is 5.44. The summed E-state index contributed by atoms with van der Waals surface area (Å²) < 4.78 is 12.8. The monoisotopic (exact) mass is 294 g/mol. The van der Waals surface area contributed by atoms with Crippen LogP contribution in [0.3, 0.4) is 0 Å². The van der Waals surface area contributed by atoms with Gasteiger partial charge in [-0.15, -0.1) is 0 Å². The topological polar surface area (TPSA) is 69.6 Å². The maximum Gasteiger partial charge on any atom is 0.321 e. The molecule has 2 N–H and O–H groups in total. The number of likely N-dealkylation sites (tertiary alicyclic amines) is 1. The summed E-state index contributed by atoms with van der Waals surface area (Å²) in [5, 5.41) is 11.4. The molecule has 6 heteroatoms. The van der Waals surface area contributed by atoms with E-state index in [9.17, 15) is 14.0 Å². The molecule has 1 fully saturated rings. The van der Waals surface area contributed by atoms with Crippen LogP contribution in [-0.2, 0) is 4.79 Å². The molecule has 0 aliphatic carbocycles. The van der Waals surface area contributed by atoms with Gasteiger partial charge in [0.05, 0.1) is 0 Å². The number of carboxylic acids is 1. The number of hydrogen-bond donors (Lipinski definition) is 2. The van der Waals surface area contributed by atoms with Crippen LogP contribution in [0.4, 0.5) is 14.9 Å². The molecule has 0 unspecified atom stereocenters. The summed E-state index contributed by atoms with van der Waals surface area (Å²) in [4.78, 5) is 24.3. The normalized spacial score (nSPS) is 15.8. The first-order chi connectivity index (χ1) is 10.0. The molecule has 1 aromatic carbocycles. The van der Waals surface area contributed by atoms with Crippen LogP contribution in [0.5, 0.6) is 0 Å². The van der Waals surface area contributed by atoms with Crippen LogP contribution in [0, 0.1) is 11.7 Å². The summed E-state index contributed by atoms with van der Waals surface area (Å²) in [7, 11) is 0. The highest BCUT2D eigenvalue weighted by Crippen LogP contribution is 2.22. The summed E-state index contributed by atoms with van der Waals surface area (Å²) in [6.45, 7) is 1.24. The van der Waals surface area contributed by atoms with Gasteiger partial charge < -0.3 is 15.3 Å². The first-order valence-corrected chi connectivity index (χ1v) is 7.08. The fraction of sp³-hybridized carbons (Fsp3) is 0.467. The molecule has 1 aromatic rings. The number of anilines is 1. The van der Waals surface area contributed by atoms with Gasteiger partial charge in [-0.2, -0.15) is 0 Å². The highest BCUT2D eigenvalue weighted by Gasteiger charge is 2.23. The van der Waals surface area contributed by atoms with Crippen molar-refractivity contribution < 1.29 is 19.1 Å². The predicted octanol–water partition coefficient (Wildman–Crippen LogP) is 2.93. The quantitative estimate of drug-likeness (QED) is 0.897. The minimum absolute atomic E-state index is 0.187. The fourth-order valence-electron chi connectivity index (χ4n) is 2.49. The van der Waals surface area contributed by atoms with E-state index >= 15 is 0 Å². The average molecular weight is 294 g/mol. The fourth-order valence-corrected chi connectivity index (χ4v) is 2.49. The number of rotatable bonds is 4. The molecule has 0 aromatic heterocycles. The molecule has 0 radical (unpaired) electrons. The molecule has 0 spiro atoms. The summed E-state index contributed by atoms with van der Waals surface area (Å²) in [5.41, 5.74) is 0.564. The standard InChI is InChI=1S/C15H19FN2O3/c16-12-2-4-13(5-3-12)17-15(21)18-9-7-11(8-10-18)1-6-14(19)20/h2-5,11H,1,6-10H2,(H,17,21)(H,19,20). The lowest BCUT2D eigenvalue weighted by atomic mass is 9.92. The van der Waals surface area contributed by atoms with Crippen LogP contribution < -0.4 is 5.32 Å². The van der Waals surface area contributed by atoms with Gasteiger partial charge in [-0.1, -0.05) is 0 Å². The summed E-state index contributed by atoms with van der Waals surface area (Å²) in [5.74, 6) is -0.741. The number of piperidine rings is 1. The number of benzene rings is 1. The van der Waals surface area contributed by atoms with Crippen molar-refractivity contribution in [1.29, 1.82) is 0 Å². The zero-order chi connectivity index (χ0) is 15.2. The van der Waals surface area contributed by atoms with Crippen molar-refractivity contribution in [3.63, 3.8) is 0 Å². The number of halogens is 1. The lowest BCUT2D eigenvalue weighted by Crippen LogP contribution is -2.41. The van der Waals surface area contributed by atoms with Gasteiger partial charge in [-0.25, -0.2) is 9.18 Å². The maximum absolute atomic E-state index is 12.8. The third kappa shape index (κ3) is 4.73. The Morgan fingerprint density at radius 1 is 1.24 bits per heavy atom. The van der Waals surface area contributed by atoms with Crippen LogP contribution in [0.1, 0.15) is 25.7 Å². The Kier molecular flexibility index (Phi) is 5.14. The van der Waals surface area contributed by atoms with Crippen molar-refractivity contribution in [2.24, 2.45) is 5.92 Å². The van der Waals surface area contributed by atoms with Crippen LogP contribution in [-0.4, -0.2) is 35.1 Å². The number of carbonyl (C=O) groups excluding carboxylic acids is 1. The van der Waals surface area contributed by atoms with E-state index in [1.165, 1.54) is 24.3 Å². The molecule has 114 valence electrons. The van der Waals surface area contributed by atoms with E-state index in [1.807, 2.05) is 0 Å². The van der Waals surface area contributed by atoms with Gasteiger partial charge in [-0.3, -0.25) is 4.79 Å². The molecule has 5 nitrogen and oxygen atoms in total. The molecule has 2 amide bonds. The predicted molar refractivity (Wildman–Crippen MR) is 76.6 cm³/mol. The van der Waals surface area contributed by atoms with Crippen LogP contribution in [0.2, 0.25) is 0 Å². The first-order valence-electron chi connectivity index (χ1n) is 7.08. The second kappa shape index (κ2) is 7.06. The van der Waals surface area contributed by atoms with E-state index < -0.39 is 5.97 Å². The molecular weight excluding hydrogens is 275 g/mol. The number of nitrogens with one attached hydrogen (secondary N) is 1. The van der Waals surface area contributed by atoms with Crippen LogP contribution >= 0.6 is 0 Å². The van der Waals surface area contributed by atoms with Gasteiger partial charge >= 0.3 is 12.0 Å². The smallest absolute Gasteiger partial charge is 0.321 e. The number of urea groups is 1. The van der Waals surface area contributed by atoms with Crippen LogP contribution in [0.25, 0.3) is 0 Å². The molecule has 0 saturated carbocycles. The number of hydrogen-bond acceptors (Lipinski definition) is 2. The first kappa shape index (κ1) is 15.3. The lowest BCUT2D eigenvalue weighted by Gasteiger charge is -2.31. The van der Waals surface area contributed by atoms with Crippen molar-refractivity contribution in [1.82, 2.24) is 4.90 Å². The van der Waals surface area contributed by atoms with E-state index in [1.54, 1.807) is 4.90 Å². The van der Waals surface area contributed by atoms with Crippen molar-refractivity contribution >= 4 is 17.7 Å². The molecule has 2 rings (SSSR count). The Hall–Kier alpha value is -2.11. The van der Waals surface area contributed by atoms with Crippen molar-refractivity contribution in [3.8, 4) is 0 Å². The zero-order valence-corrected chi connectivity index (χ0v) is 11.7. The minimum atomic E-state index is -0.772. The highest BCUT2D eigenvalue weighted by molar-refractivity contribution is 5.89. The molecule has 1 aliphatic heterocycles. The van der Waals surface area contributed by atoms with Crippen molar-refractivity contribution in [3.05, 3.63) is 30.1 Å². The lowest BCUT2D eigenvalue weighted by molar-refractivity contribution is -0.137. The average Bonchev–Trinajstić information content (AvgIpc) is 2.48. The third-order valence-electron chi connectivity index (χ3n) is 3.76. The van der Waals surface area contributed by atoms with Crippen molar-refractivity contribution in [2.45, 2.75) is 25.7 Å². The Morgan fingerprint density at radius 2 is 1.86 bits per heavy atom. The van der Waals surface area contributed by atoms with Gasteiger partial charge in [0.2, 0.25) is 0 Å². The molecule has 1 saturated heterocycles.